The summed E-state index contributed by atoms with van der Waals surface area (Å²) < 4.78 is 5.11. The summed E-state index contributed by atoms with van der Waals surface area (Å²) in [6, 6.07) is 14.4. The fraction of sp³-hybridized carbons (Fsp3) is 0.211. The van der Waals surface area contributed by atoms with Crippen LogP contribution in [0.5, 0.6) is 0 Å². The molecule has 2 atom stereocenters. The monoisotopic (exact) mass is 374 g/mol. The van der Waals surface area contributed by atoms with Crippen molar-refractivity contribution in [1.82, 2.24) is 5.32 Å². The molecule has 0 fully saturated rings. The van der Waals surface area contributed by atoms with Gasteiger partial charge in [-0.3, -0.25) is 9.59 Å². The first-order valence-corrected chi connectivity index (χ1v) is 8.38. The molecule has 0 bridgehead atoms. The van der Waals surface area contributed by atoms with Gasteiger partial charge in [0.15, 0.2) is 6.10 Å². The summed E-state index contributed by atoms with van der Waals surface area (Å²) in [4.78, 5) is 36.3. The van der Waals surface area contributed by atoms with Crippen LogP contribution in [0.15, 0.2) is 54.6 Å². The number of anilines is 1. The van der Waals surface area contributed by atoms with E-state index in [2.05, 4.69) is 10.6 Å². The van der Waals surface area contributed by atoms with Crippen LogP contribution < -0.4 is 10.6 Å². The second-order valence-electron chi connectivity index (χ2n) is 5.61. The molecule has 0 spiro atoms. The number of nitrogens with one attached hydrogen (secondary N) is 2. The van der Waals surface area contributed by atoms with E-state index in [0.717, 1.165) is 0 Å². The average Bonchev–Trinajstić information content (AvgIpc) is 2.62. The summed E-state index contributed by atoms with van der Waals surface area (Å²) in [7, 11) is 0. The molecule has 7 heteroatoms. The molecule has 136 valence electrons. The highest BCUT2D eigenvalue weighted by Crippen LogP contribution is 2.15. The predicted molar refractivity (Wildman–Crippen MR) is 99.0 cm³/mol. The van der Waals surface area contributed by atoms with Gasteiger partial charge in [0.05, 0.1) is 10.6 Å². The van der Waals surface area contributed by atoms with Crippen LogP contribution in [0.2, 0.25) is 5.02 Å². The second-order valence-corrected chi connectivity index (χ2v) is 6.02. The van der Waals surface area contributed by atoms with Gasteiger partial charge in [0, 0.05) is 5.69 Å². The molecule has 2 rings (SSSR count). The first-order chi connectivity index (χ1) is 12.4. The zero-order valence-corrected chi connectivity index (χ0v) is 15.1. The fourth-order valence-electron chi connectivity index (χ4n) is 2.07. The molecule has 0 heterocycles. The van der Waals surface area contributed by atoms with E-state index in [0.29, 0.717) is 5.69 Å². The number of hydrogen-bond donors (Lipinski definition) is 2. The van der Waals surface area contributed by atoms with Crippen molar-refractivity contribution in [3.05, 3.63) is 65.2 Å². The summed E-state index contributed by atoms with van der Waals surface area (Å²) in [5, 5.41) is 5.42. The van der Waals surface area contributed by atoms with Crippen molar-refractivity contribution in [1.29, 1.82) is 0 Å². The zero-order valence-electron chi connectivity index (χ0n) is 14.4. The molecule has 0 radical (unpaired) electrons. The molecule has 0 unspecified atom stereocenters. The number of rotatable bonds is 6. The summed E-state index contributed by atoms with van der Waals surface area (Å²) in [6.45, 7) is 2.93. The van der Waals surface area contributed by atoms with E-state index in [1.165, 1.54) is 13.8 Å². The van der Waals surface area contributed by atoms with E-state index in [-0.39, 0.29) is 10.6 Å². The van der Waals surface area contributed by atoms with Crippen molar-refractivity contribution in [2.24, 2.45) is 0 Å². The van der Waals surface area contributed by atoms with Gasteiger partial charge in [0.1, 0.15) is 6.04 Å². The van der Waals surface area contributed by atoms with Gasteiger partial charge in [-0.15, -0.1) is 0 Å². The third-order valence-corrected chi connectivity index (χ3v) is 3.85. The van der Waals surface area contributed by atoms with Gasteiger partial charge in [-0.25, -0.2) is 4.79 Å². The summed E-state index contributed by atoms with van der Waals surface area (Å²) in [6.07, 6.45) is -1.01. The Morgan fingerprint density at radius 1 is 0.962 bits per heavy atom. The predicted octanol–water partition coefficient (Wildman–Crippen LogP) is 3.03. The quantitative estimate of drug-likeness (QED) is 0.761. The molecule has 0 aromatic heterocycles. The number of ether oxygens (including phenoxy) is 1. The van der Waals surface area contributed by atoms with Crippen LogP contribution in [0.25, 0.3) is 0 Å². The van der Waals surface area contributed by atoms with Crippen LogP contribution in [-0.4, -0.2) is 29.9 Å². The Kier molecular flexibility index (Phi) is 6.74. The SMILES string of the molecule is C[C@H](OC(=O)[C@@H](C)NC(=O)c1ccccc1Cl)C(=O)Nc1ccccc1. The maximum Gasteiger partial charge on any atom is 0.329 e. The second kappa shape index (κ2) is 9.01. The molecule has 26 heavy (non-hydrogen) atoms. The van der Waals surface area contributed by atoms with Gasteiger partial charge in [-0.2, -0.15) is 0 Å². The van der Waals surface area contributed by atoms with Crippen LogP contribution in [0, 0.1) is 0 Å². The number of para-hydroxylation sites is 1. The van der Waals surface area contributed by atoms with Gasteiger partial charge < -0.3 is 15.4 Å². The molecule has 2 N–H and O–H groups in total. The average molecular weight is 375 g/mol. The Labute approximate surface area is 156 Å². The molecule has 2 aromatic carbocycles. The van der Waals surface area contributed by atoms with E-state index >= 15 is 0 Å². The minimum Gasteiger partial charge on any atom is -0.451 e. The smallest absolute Gasteiger partial charge is 0.329 e. The van der Waals surface area contributed by atoms with Crippen LogP contribution >= 0.6 is 11.6 Å². The standard InChI is InChI=1S/C19H19ClN2O4/c1-12(21-18(24)15-10-6-7-11-16(15)20)19(25)26-13(2)17(23)22-14-8-4-3-5-9-14/h3-13H,1-2H3,(H,21,24)(H,22,23)/t12-,13+/m1/s1. The number of benzene rings is 2. The summed E-state index contributed by atoms with van der Waals surface area (Å²) >= 11 is 5.96. The third-order valence-electron chi connectivity index (χ3n) is 3.52. The topological polar surface area (TPSA) is 84.5 Å². The highest BCUT2D eigenvalue weighted by atomic mass is 35.5. The minimum absolute atomic E-state index is 0.253. The van der Waals surface area contributed by atoms with Crippen molar-refractivity contribution < 1.29 is 19.1 Å². The van der Waals surface area contributed by atoms with Crippen molar-refractivity contribution >= 4 is 35.1 Å². The molecular formula is C19H19ClN2O4. The van der Waals surface area contributed by atoms with E-state index in [1.54, 1.807) is 48.5 Å². The number of amides is 2. The third kappa shape index (κ3) is 5.32. The number of carbonyl (C=O) groups excluding carboxylic acids is 3. The zero-order chi connectivity index (χ0) is 19.1. The van der Waals surface area contributed by atoms with Crippen LogP contribution in [0.4, 0.5) is 5.69 Å². The van der Waals surface area contributed by atoms with Gasteiger partial charge in [0.2, 0.25) is 0 Å². The van der Waals surface area contributed by atoms with Crippen LogP contribution in [0.1, 0.15) is 24.2 Å². The van der Waals surface area contributed by atoms with E-state index in [1.807, 2.05) is 6.07 Å². The van der Waals surface area contributed by atoms with Crippen molar-refractivity contribution in [3.8, 4) is 0 Å². The molecule has 0 saturated heterocycles. The van der Waals surface area contributed by atoms with Crippen molar-refractivity contribution in [2.45, 2.75) is 26.0 Å². The Balaban J connectivity index is 1.88. The Hall–Kier alpha value is -2.86. The summed E-state index contributed by atoms with van der Waals surface area (Å²) in [5.74, 6) is -1.68. The normalized spacial score (nSPS) is 12.6. The number of carbonyl (C=O) groups is 3. The van der Waals surface area contributed by atoms with Crippen LogP contribution in [0.3, 0.4) is 0 Å². The van der Waals surface area contributed by atoms with E-state index in [9.17, 15) is 14.4 Å². The molecule has 0 aliphatic heterocycles. The highest BCUT2D eigenvalue weighted by molar-refractivity contribution is 6.33. The molecule has 2 amide bonds. The molecular weight excluding hydrogens is 356 g/mol. The van der Waals surface area contributed by atoms with E-state index < -0.39 is 29.9 Å². The van der Waals surface area contributed by atoms with Gasteiger partial charge in [-0.05, 0) is 38.1 Å². The molecule has 0 aliphatic rings. The van der Waals surface area contributed by atoms with E-state index in [4.69, 9.17) is 16.3 Å². The largest absolute Gasteiger partial charge is 0.451 e. The Bertz CT molecular complexity index is 795. The van der Waals surface area contributed by atoms with Crippen molar-refractivity contribution in [3.63, 3.8) is 0 Å². The first kappa shape index (κ1) is 19.5. The van der Waals surface area contributed by atoms with Crippen LogP contribution in [-0.2, 0) is 14.3 Å². The molecule has 0 saturated carbocycles. The van der Waals surface area contributed by atoms with Gasteiger partial charge >= 0.3 is 5.97 Å². The summed E-state index contributed by atoms with van der Waals surface area (Å²) in [5.41, 5.74) is 0.851. The number of hydrogen-bond acceptors (Lipinski definition) is 4. The lowest BCUT2D eigenvalue weighted by molar-refractivity contribution is -0.154. The molecule has 6 nitrogen and oxygen atoms in total. The minimum atomic E-state index is -1.01. The number of halogens is 1. The lowest BCUT2D eigenvalue weighted by atomic mass is 10.2. The highest BCUT2D eigenvalue weighted by Gasteiger charge is 2.24. The van der Waals surface area contributed by atoms with Gasteiger partial charge in [-0.1, -0.05) is 41.9 Å². The molecule has 0 aliphatic carbocycles. The first-order valence-electron chi connectivity index (χ1n) is 8.00. The fourth-order valence-corrected chi connectivity index (χ4v) is 2.30. The van der Waals surface area contributed by atoms with Crippen molar-refractivity contribution in [2.75, 3.05) is 5.32 Å². The van der Waals surface area contributed by atoms with Gasteiger partial charge in [0.25, 0.3) is 11.8 Å². The lowest BCUT2D eigenvalue weighted by Crippen LogP contribution is -2.42. The Morgan fingerprint density at radius 3 is 2.23 bits per heavy atom. The molecule has 2 aromatic rings. The Morgan fingerprint density at radius 2 is 1.58 bits per heavy atom. The maximum atomic E-state index is 12.2. The maximum absolute atomic E-state index is 12.2. The number of esters is 1. The lowest BCUT2D eigenvalue weighted by Gasteiger charge is -2.18.